The number of rotatable bonds is 2. The van der Waals surface area contributed by atoms with Crippen LogP contribution in [0.3, 0.4) is 0 Å². The van der Waals surface area contributed by atoms with Crippen LogP contribution in [0.15, 0.2) is 18.6 Å². The number of aromatic nitrogens is 3. The fourth-order valence-corrected chi connectivity index (χ4v) is 1.84. The Morgan fingerprint density at radius 3 is 2.27 bits per heavy atom. The highest BCUT2D eigenvalue weighted by Crippen LogP contribution is 2.26. The summed E-state index contributed by atoms with van der Waals surface area (Å²) in [5, 5.41) is 0.568. The van der Waals surface area contributed by atoms with E-state index in [1.54, 1.807) is 6.20 Å². The molecule has 2 heterocycles. The number of hydrogen-bond acceptors (Lipinski definition) is 5. The first-order chi connectivity index (χ1) is 7.16. The Morgan fingerprint density at radius 2 is 1.80 bits per heavy atom. The van der Waals surface area contributed by atoms with Gasteiger partial charge in [0.15, 0.2) is 5.13 Å². The van der Waals surface area contributed by atoms with E-state index in [2.05, 4.69) is 28.8 Å². The molecular formula is C10H12N4S. The van der Waals surface area contributed by atoms with Gasteiger partial charge < -0.3 is 5.73 Å². The van der Waals surface area contributed by atoms with Crippen LogP contribution < -0.4 is 5.73 Å². The van der Waals surface area contributed by atoms with Crippen molar-refractivity contribution in [2.75, 3.05) is 5.73 Å². The molecule has 0 fully saturated rings. The molecule has 2 aromatic heterocycles. The van der Waals surface area contributed by atoms with Crippen molar-refractivity contribution >= 4 is 16.5 Å². The molecule has 2 aromatic rings. The molecule has 0 atom stereocenters. The summed E-state index contributed by atoms with van der Waals surface area (Å²) in [6, 6.07) is 0. The SMILES string of the molecule is CC(C)c1ncc(-c2cnc(N)s2)cn1. The average molecular weight is 220 g/mol. The maximum absolute atomic E-state index is 5.56. The maximum Gasteiger partial charge on any atom is 0.180 e. The predicted molar refractivity (Wildman–Crippen MR) is 61.6 cm³/mol. The lowest BCUT2D eigenvalue weighted by molar-refractivity contribution is 0.775. The largest absolute Gasteiger partial charge is 0.375 e. The van der Waals surface area contributed by atoms with Crippen molar-refractivity contribution in [3.8, 4) is 10.4 Å². The quantitative estimate of drug-likeness (QED) is 0.843. The van der Waals surface area contributed by atoms with Gasteiger partial charge in [0.2, 0.25) is 0 Å². The van der Waals surface area contributed by atoms with Crippen LogP contribution in [0.1, 0.15) is 25.6 Å². The van der Waals surface area contributed by atoms with Crippen LogP contribution in [-0.4, -0.2) is 15.0 Å². The van der Waals surface area contributed by atoms with E-state index < -0.39 is 0 Å². The zero-order chi connectivity index (χ0) is 10.8. The Hall–Kier alpha value is -1.49. The maximum atomic E-state index is 5.56. The van der Waals surface area contributed by atoms with Gasteiger partial charge in [0.25, 0.3) is 0 Å². The molecule has 0 aliphatic heterocycles. The summed E-state index contributed by atoms with van der Waals surface area (Å²) in [5.74, 6) is 1.21. The molecule has 0 saturated carbocycles. The first-order valence-corrected chi connectivity index (χ1v) is 5.52. The molecule has 0 aliphatic rings. The molecule has 0 aliphatic carbocycles. The van der Waals surface area contributed by atoms with E-state index in [9.17, 15) is 0 Å². The summed E-state index contributed by atoms with van der Waals surface area (Å²) in [6.07, 6.45) is 5.37. The molecule has 2 rings (SSSR count). The second-order valence-electron chi connectivity index (χ2n) is 3.55. The van der Waals surface area contributed by atoms with Crippen LogP contribution in [0, 0.1) is 0 Å². The number of hydrogen-bond donors (Lipinski definition) is 1. The van der Waals surface area contributed by atoms with Gasteiger partial charge in [0, 0.05) is 30.1 Å². The van der Waals surface area contributed by atoms with E-state index >= 15 is 0 Å². The number of anilines is 1. The summed E-state index contributed by atoms with van der Waals surface area (Å²) in [6.45, 7) is 4.14. The van der Waals surface area contributed by atoms with E-state index in [0.717, 1.165) is 16.3 Å². The van der Waals surface area contributed by atoms with Gasteiger partial charge in [-0.3, -0.25) is 0 Å². The van der Waals surface area contributed by atoms with Crippen molar-refractivity contribution in [2.24, 2.45) is 0 Å². The molecule has 0 radical (unpaired) electrons. The lowest BCUT2D eigenvalue weighted by Crippen LogP contribution is -1.95. The molecule has 2 N–H and O–H groups in total. The Labute approximate surface area is 92.2 Å². The molecule has 15 heavy (non-hydrogen) atoms. The standard InChI is InChI=1S/C10H12N4S/c1-6(2)9-12-3-7(4-13-9)8-5-14-10(11)15-8/h3-6H,1-2H3,(H2,11,14). The smallest absolute Gasteiger partial charge is 0.180 e. The molecule has 0 amide bonds. The molecule has 0 aromatic carbocycles. The lowest BCUT2D eigenvalue weighted by Gasteiger charge is -2.02. The minimum atomic E-state index is 0.352. The minimum absolute atomic E-state index is 0.352. The number of nitrogens with two attached hydrogens (primary N) is 1. The summed E-state index contributed by atoms with van der Waals surface area (Å²) >= 11 is 1.44. The van der Waals surface area contributed by atoms with E-state index in [1.165, 1.54) is 11.3 Å². The summed E-state index contributed by atoms with van der Waals surface area (Å²) in [4.78, 5) is 13.6. The number of thiazole rings is 1. The van der Waals surface area contributed by atoms with Gasteiger partial charge in [0.05, 0.1) is 4.88 Å². The Morgan fingerprint density at radius 1 is 1.13 bits per heavy atom. The Kier molecular flexibility index (Phi) is 2.64. The molecule has 0 saturated heterocycles. The second kappa shape index (κ2) is 3.94. The van der Waals surface area contributed by atoms with Crippen molar-refractivity contribution in [3.63, 3.8) is 0 Å². The highest BCUT2D eigenvalue weighted by Gasteiger charge is 2.05. The van der Waals surface area contributed by atoms with Gasteiger partial charge in [-0.25, -0.2) is 15.0 Å². The van der Waals surface area contributed by atoms with Crippen molar-refractivity contribution in [3.05, 3.63) is 24.4 Å². The van der Waals surface area contributed by atoms with E-state index in [0.29, 0.717) is 11.0 Å². The molecular weight excluding hydrogens is 208 g/mol. The van der Waals surface area contributed by atoms with Crippen molar-refractivity contribution in [1.29, 1.82) is 0 Å². The van der Waals surface area contributed by atoms with Crippen molar-refractivity contribution in [1.82, 2.24) is 15.0 Å². The molecule has 0 unspecified atom stereocenters. The Bertz CT molecular complexity index is 447. The van der Waals surface area contributed by atoms with Gasteiger partial charge in [0.1, 0.15) is 5.82 Å². The Balaban J connectivity index is 2.31. The van der Waals surface area contributed by atoms with Crippen LogP contribution >= 0.6 is 11.3 Å². The van der Waals surface area contributed by atoms with Crippen LogP contribution in [0.2, 0.25) is 0 Å². The molecule has 0 spiro atoms. The van der Waals surface area contributed by atoms with E-state index in [-0.39, 0.29) is 0 Å². The van der Waals surface area contributed by atoms with Gasteiger partial charge in [-0.2, -0.15) is 0 Å². The molecule has 0 bridgehead atoms. The molecule has 4 nitrogen and oxygen atoms in total. The summed E-state index contributed by atoms with van der Waals surface area (Å²) in [7, 11) is 0. The van der Waals surface area contributed by atoms with Crippen molar-refractivity contribution in [2.45, 2.75) is 19.8 Å². The summed E-state index contributed by atoms with van der Waals surface area (Å²) < 4.78 is 0. The summed E-state index contributed by atoms with van der Waals surface area (Å²) in [5.41, 5.74) is 6.53. The number of nitrogens with zero attached hydrogens (tertiary/aromatic N) is 3. The van der Waals surface area contributed by atoms with Gasteiger partial charge in [-0.15, -0.1) is 0 Å². The van der Waals surface area contributed by atoms with Crippen LogP contribution in [0.5, 0.6) is 0 Å². The van der Waals surface area contributed by atoms with Crippen LogP contribution in [0.4, 0.5) is 5.13 Å². The normalized spacial score (nSPS) is 10.9. The van der Waals surface area contributed by atoms with E-state index in [1.807, 2.05) is 12.4 Å². The van der Waals surface area contributed by atoms with Crippen LogP contribution in [0.25, 0.3) is 10.4 Å². The third-order valence-electron chi connectivity index (χ3n) is 2.00. The highest BCUT2D eigenvalue weighted by molar-refractivity contribution is 7.18. The van der Waals surface area contributed by atoms with Crippen LogP contribution in [-0.2, 0) is 0 Å². The second-order valence-corrected chi connectivity index (χ2v) is 4.61. The minimum Gasteiger partial charge on any atom is -0.375 e. The predicted octanol–water partition coefficient (Wildman–Crippen LogP) is 2.31. The molecule has 78 valence electrons. The zero-order valence-electron chi connectivity index (χ0n) is 8.64. The first kappa shape index (κ1) is 10.0. The third-order valence-corrected chi connectivity index (χ3v) is 2.87. The first-order valence-electron chi connectivity index (χ1n) is 4.70. The van der Waals surface area contributed by atoms with Gasteiger partial charge in [-0.1, -0.05) is 25.2 Å². The number of nitrogen functional groups attached to an aromatic ring is 1. The fraction of sp³-hybridized carbons (Fsp3) is 0.300. The monoisotopic (exact) mass is 220 g/mol. The fourth-order valence-electron chi connectivity index (χ4n) is 1.18. The van der Waals surface area contributed by atoms with E-state index in [4.69, 9.17) is 5.73 Å². The highest BCUT2D eigenvalue weighted by atomic mass is 32.1. The molecule has 5 heteroatoms. The zero-order valence-corrected chi connectivity index (χ0v) is 9.45. The van der Waals surface area contributed by atoms with Crippen molar-refractivity contribution < 1.29 is 0 Å². The third kappa shape index (κ3) is 2.12. The van der Waals surface area contributed by atoms with Gasteiger partial charge in [-0.05, 0) is 0 Å². The van der Waals surface area contributed by atoms with Gasteiger partial charge >= 0.3 is 0 Å². The lowest BCUT2D eigenvalue weighted by atomic mass is 10.2. The topological polar surface area (TPSA) is 64.7 Å². The average Bonchev–Trinajstić information content (AvgIpc) is 2.65.